The number of amides is 5. The first-order valence-corrected chi connectivity index (χ1v) is 30.7. The van der Waals surface area contributed by atoms with Crippen LogP contribution in [-0.4, -0.2) is 133 Å². The summed E-state index contributed by atoms with van der Waals surface area (Å²) in [5.74, 6) is 0.307. The van der Waals surface area contributed by atoms with Gasteiger partial charge in [-0.1, -0.05) is 50.4 Å². The Morgan fingerprint density at radius 1 is 0.627 bits per heavy atom. The van der Waals surface area contributed by atoms with Crippen LogP contribution in [0.3, 0.4) is 0 Å². The molecule has 0 radical (unpaired) electrons. The smallest absolute Gasteiger partial charge is 0.404 e. The molecule has 19 heteroatoms. The number of carbonyl (C=O) groups excluding carboxylic acids is 4. The number of benzene rings is 2. The number of nitrogens with zero attached hydrogens (tertiary/aromatic N) is 4. The summed E-state index contributed by atoms with van der Waals surface area (Å²) < 4.78 is 36.7. The number of nitrogens with one attached hydrogen (secondary N) is 1. The first-order chi connectivity index (χ1) is 31.8. The summed E-state index contributed by atoms with van der Waals surface area (Å²) in [6.45, 7) is 19.2. The van der Waals surface area contributed by atoms with Gasteiger partial charge in [0, 0.05) is 60.4 Å². The van der Waals surface area contributed by atoms with Gasteiger partial charge in [-0.2, -0.15) is 0 Å². The van der Waals surface area contributed by atoms with Crippen molar-refractivity contribution in [1.82, 2.24) is 15.1 Å². The second-order valence-electron chi connectivity index (χ2n) is 20.1. The van der Waals surface area contributed by atoms with Crippen molar-refractivity contribution in [2.24, 2.45) is 0 Å². The van der Waals surface area contributed by atoms with Crippen molar-refractivity contribution in [3.63, 3.8) is 0 Å². The third-order valence-electron chi connectivity index (χ3n) is 12.0. The van der Waals surface area contributed by atoms with Gasteiger partial charge in [0.05, 0.1) is 49.4 Å². The maximum absolute atomic E-state index is 14.2. The van der Waals surface area contributed by atoms with Gasteiger partial charge < -0.3 is 48.6 Å². The molecule has 0 fully saturated rings. The molecule has 6 rings (SSSR count). The standard InChI is InChI=1S/C48H69N5O12Si2/c1-32-22-38-46(56)52(30-61-18-20-66(4,5)6)36-26-42(40(60-3)24-34(36)44(54)50(38)28-32)63-15-11-10-12-16-64-43-27-37-35(25-41(43)65-17-13-14-49-48(58)59)45(55)51-29-33(2)23-39(51)47(57)53(37)31-62-19-21-67(7,8)9/h24-29,38-39,49H,10-23,30-31H2,1-9H3,(H,58,59)/t38-,39-/m0/s1. The average Bonchev–Trinajstić information content (AvgIpc) is 3.83. The minimum atomic E-state index is -1.42. The number of fused-ring (bicyclic) bond motifs is 4. The van der Waals surface area contributed by atoms with Gasteiger partial charge in [-0.15, -0.1) is 0 Å². The van der Waals surface area contributed by atoms with Crippen LogP contribution in [0.5, 0.6) is 23.0 Å². The molecule has 67 heavy (non-hydrogen) atoms. The fourth-order valence-electron chi connectivity index (χ4n) is 8.17. The highest BCUT2D eigenvalue weighted by Crippen LogP contribution is 2.42. The number of methoxy groups -OCH3 is 1. The lowest BCUT2D eigenvalue weighted by molar-refractivity contribution is -0.123. The maximum Gasteiger partial charge on any atom is 0.404 e. The number of anilines is 2. The van der Waals surface area contributed by atoms with Gasteiger partial charge in [0.25, 0.3) is 23.6 Å². The fourth-order valence-corrected chi connectivity index (χ4v) is 9.68. The van der Waals surface area contributed by atoms with E-state index in [2.05, 4.69) is 44.6 Å². The zero-order valence-electron chi connectivity index (χ0n) is 40.7. The normalized spacial score (nSPS) is 18.2. The molecule has 0 spiro atoms. The van der Waals surface area contributed by atoms with Gasteiger partial charge in [0.1, 0.15) is 25.5 Å². The van der Waals surface area contributed by atoms with Crippen LogP contribution in [0.25, 0.3) is 0 Å². The Labute approximate surface area is 396 Å². The highest BCUT2D eigenvalue weighted by atomic mass is 28.3. The Bertz CT molecular complexity index is 2240. The Kier molecular flexibility index (Phi) is 16.9. The minimum absolute atomic E-state index is 0.00476. The highest BCUT2D eigenvalue weighted by Gasteiger charge is 2.44. The number of carbonyl (C=O) groups is 5. The van der Waals surface area contributed by atoms with Crippen molar-refractivity contribution >= 4 is 57.2 Å². The topological polar surface area (TPSA) is 186 Å². The summed E-state index contributed by atoms with van der Waals surface area (Å²) in [4.78, 5) is 73.4. The monoisotopic (exact) mass is 963 g/mol. The molecule has 0 saturated carbocycles. The van der Waals surface area contributed by atoms with E-state index in [0.717, 1.165) is 23.2 Å². The fraction of sp³-hybridized carbons (Fsp3) is 0.562. The van der Waals surface area contributed by atoms with Crippen LogP contribution >= 0.6 is 0 Å². The largest absolute Gasteiger partial charge is 0.493 e. The van der Waals surface area contributed by atoms with Crippen molar-refractivity contribution in [3.05, 3.63) is 58.9 Å². The van der Waals surface area contributed by atoms with E-state index >= 15 is 0 Å². The predicted molar refractivity (Wildman–Crippen MR) is 260 cm³/mol. The minimum Gasteiger partial charge on any atom is -0.493 e. The lowest BCUT2D eigenvalue weighted by Gasteiger charge is -2.27. The van der Waals surface area contributed by atoms with Gasteiger partial charge in [0.2, 0.25) is 0 Å². The van der Waals surface area contributed by atoms with E-state index in [4.69, 9.17) is 33.5 Å². The van der Waals surface area contributed by atoms with Crippen molar-refractivity contribution in [2.45, 2.75) is 116 Å². The average molecular weight is 964 g/mol. The van der Waals surface area contributed by atoms with Gasteiger partial charge in [-0.25, -0.2) is 4.79 Å². The van der Waals surface area contributed by atoms with Crippen LogP contribution in [0.15, 0.2) is 47.8 Å². The van der Waals surface area contributed by atoms with Crippen LogP contribution < -0.4 is 34.1 Å². The zero-order valence-corrected chi connectivity index (χ0v) is 42.7. The number of ether oxygens (including phenoxy) is 6. The molecular formula is C48H69N5O12Si2. The van der Waals surface area contributed by atoms with Crippen LogP contribution in [0.4, 0.5) is 16.2 Å². The molecule has 2 atom stereocenters. The van der Waals surface area contributed by atoms with Gasteiger partial charge in [-0.05, 0) is 76.6 Å². The first-order valence-electron chi connectivity index (χ1n) is 23.3. The van der Waals surface area contributed by atoms with Crippen LogP contribution in [-0.2, 0) is 19.1 Å². The van der Waals surface area contributed by atoms with Crippen molar-refractivity contribution in [3.8, 4) is 23.0 Å². The number of hydrogen-bond acceptors (Lipinski definition) is 11. The molecule has 0 bridgehead atoms. The SMILES string of the molecule is COc1cc2c(cc1OCCCCCOc1cc3c(cc1OCCCNC(=O)O)C(=O)N1C=C(C)C[C@H]1C(=O)N3COCC[Si](C)(C)C)N(COCC[Si](C)(C)C)C(=O)[C@@H]1CC(C)=CN1C2=O. The molecule has 0 aromatic heterocycles. The Balaban J connectivity index is 1.15. The Morgan fingerprint density at radius 2 is 1.04 bits per heavy atom. The Morgan fingerprint density at radius 3 is 1.48 bits per heavy atom. The summed E-state index contributed by atoms with van der Waals surface area (Å²) in [6.07, 6.45) is 5.51. The number of hydrogen-bond donors (Lipinski definition) is 2. The molecule has 2 N–H and O–H groups in total. The number of carboxylic acid groups (broad SMARTS) is 1. The summed E-state index contributed by atoms with van der Waals surface area (Å²) in [6, 6.07) is 7.09. The van der Waals surface area contributed by atoms with E-state index in [1.165, 1.54) is 21.8 Å². The summed E-state index contributed by atoms with van der Waals surface area (Å²) >= 11 is 0. The first kappa shape index (κ1) is 51.0. The van der Waals surface area contributed by atoms with E-state index in [-0.39, 0.29) is 62.4 Å². The van der Waals surface area contributed by atoms with E-state index in [1.807, 2.05) is 13.8 Å². The lowest BCUT2D eigenvalue weighted by atomic mass is 10.1. The summed E-state index contributed by atoms with van der Waals surface area (Å²) in [7, 11) is -1.30. The van der Waals surface area contributed by atoms with Crippen molar-refractivity contribution in [2.75, 3.05) is 70.0 Å². The van der Waals surface area contributed by atoms with E-state index in [0.29, 0.717) is 98.3 Å². The molecule has 0 saturated heterocycles. The van der Waals surface area contributed by atoms with Crippen LogP contribution in [0.2, 0.25) is 51.4 Å². The molecule has 366 valence electrons. The maximum atomic E-state index is 14.2. The van der Waals surface area contributed by atoms with Crippen LogP contribution in [0.1, 0.15) is 73.1 Å². The Hall–Kier alpha value is -5.38. The molecule has 2 aromatic carbocycles. The zero-order chi connectivity index (χ0) is 48.6. The summed E-state index contributed by atoms with van der Waals surface area (Å²) in [5.41, 5.74) is 3.24. The van der Waals surface area contributed by atoms with Crippen LogP contribution in [0, 0.1) is 0 Å². The molecule has 0 unspecified atom stereocenters. The second-order valence-corrected chi connectivity index (χ2v) is 31.3. The molecule has 5 amide bonds. The molecule has 2 aromatic rings. The van der Waals surface area contributed by atoms with Crippen molar-refractivity contribution < 1.29 is 57.5 Å². The van der Waals surface area contributed by atoms with Crippen molar-refractivity contribution in [1.29, 1.82) is 0 Å². The molecule has 4 aliphatic heterocycles. The highest BCUT2D eigenvalue weighted by molar-refractivity contribution is 6.76. The molecule has 0 aliphatic carbocycles. The molecule has 4 aliphatic rings. The quantitative estimate of drug-likeness (QED) is 0.0766. The molecule has 17 nitrogen and oxygen atoms in total. The number of rotatable bonds is 24. The van der Waals surface area contributed by atoms with Gasteiger partial charge >= 0.3 is 6.09 Å². The van der Waals surface area contributed by atoms with E-state index in [1.54, 1.807) is 41.6 Å². The van der Waals surface area contributed by atoms with Gasteiger partial charge in [-0.3, -0.25) is 29.0 Å². The lowest BCUT2D eigenvalue weighted by Crippen LogP contribution is -2.45. The third-order valence-corrected chi connectivity index (χ3v) is 15.4. The molecular weight excluding hydrogens is 895 g/mol. The predicted octanol–water partition coefficient (Wildman–Crippen LogP) is 7.91. The van der Waals surface area contributed by atoms with E-state index in [9.17, 15) is 24.0 Å². The second kappa shape index (κ2) is 22.2. The summed E-state index contributed by atoms with van der Waals surface area (Å²) in [5, 5.41) is 11.4. The number of unbranched alkanes of at least 4 members (excludes halogenated alkanes) is 2. The molecule has 4 heterocycles. The van der Waals surface area contributed by atoms with E-state index < -0.39 is 34.3 Å². The third kappa shape index (κ3) is 13.0. The van der Waals surface area contributed by atoms with Gasteiger partial charge in [0.15, 0.2) is 23.0 Å².